The van der Waals surface area contributed by atoms with Gasteiger partial charge in [0.25, 0.3) is 0 Å². The van der Waals surface area contributed by atoms with Crippen molar-refractivity contribution in [1.29, 1.82) is 0 Å². The summed E-state index contributed by atoms with van der Waals surface area (Å²) in [5.74, 6) is -0.925. The van der Waals surface area contributed by atoms with Crippen molar-refractivity contribution >= 4 is 5.97 Å². The Hall–Kier alpha value is -3.07. The number of fused-ring (bicyclic) bond motifs is 3. The number of carboxylic acids is 1. The highest BCUT2D eigenvalue weighted by Gasteiger charge is 2.23. The summed E-state index contributed by atoms with van der Waals surface area (Å²) >= 11 is 0. The number of carboxylic acid groups (broad SMARTS) is 1. The van der Waals surface area contributed by atoms with Gasteiger partial charge < -0.3 is 10.2 Å². The molecule has 0 atom stereocenters. The number of benzene rings is 3. The van der Waals surface area contributed by atoms with E-state index in [4.69, 9.17) is 0 Å². The molecule has 0 fully saturated rings. The van der Waals surface area contributed by atoms with Crippen LogP contribution in [0.3, 0.4) is 0 Å². The maximum absolute atomic E-state index is 11.5. The van der Waals surface area contributed by atoms with E-state index in [1.807, 2.05) is 24.3 Å². The third kappa shape index (κ3) is 2.09. The molecular formula is C20H14O3. The minimum Gasteiger partial charge on any atom is -0.508 e. The number of aromatic carboxylic acids is 1. The number of hydrogen-bond donors (Lipinski definition) is 2. The molecule has 1 aliphatic rings. The first kappa shape index (κ1) is 13.6. The van der Waals surface area contributed by atoms with E-state index in [0.717, 1.165) is 23.1 Å². The van der Waals surface area contributed by atoms with E-state index >= 15 is 0 Å². The van der Waals surface area contributed by atoms with Gasteiger partial charge in [-0.25, -0.2) is 4.79 Å². The average molecular weight is 302 g/mol. The first-order valence-electron chi connectivity index (χ1n) is 7.42. The van der Waals surface area contributed by atoms with Crippen molar-refractivity contribution in [3.63, 3.8) is 0 Å². The summed E-state index contributed by atoms with van der Waals surface area (Å²) in [5, 5.41) is 19.3. The average Bonchev–Trinajstić information content (AvgIpc) is 2.93. The van der Waals surface area contributed by atoms with Crippen molar-refractivity contribution in [2.45, 2.75) is 6.42 Å². The molecule has 3 aromatic carbocycles. The fraction of sp³-hybridized carbons (Fsp3) is 0.0500. The van der Waals surface area contributed by atoms with Crippen LogP contribution in [-0.2, 0) is 6.42 Å². The molecule has 0 saturated heterocycles. The lowest BCUT2D eigenvalue weighted by Crippen LogP contribution is -2.00. The Labute approximate surface area is 133 Å². The molecule has 23 heavy (non-hydrogen) atoms. The molecule has 3 nitrogen and oxygen atoms in total. The Kier molecular flexibility index (Phi) is 2.95. The Bertz CT molecular complexity index is 941. The van der Waals surface area contributed by atoms with E-state index in [2.05, 4.69) is 18.2 Å². The molecule has 0 saturated carbocycles. The maximum atomic E-state index is 11.5. The van der Waals surface area contributed by atoms with Crippen LogP contribution in [0.25, 0.3) is 22.3 Å². The quantitative estimate of drug-likeness (QED) is 0.579. The van der Waals surface area contributed by atoms with Gasteiger partial charge in [0.1, 0.15) is 5.75 Å². The molecule has 0 aliphatic heterocycles. The van der Waals surface area contributed by atoms with Crippen molar-refractivity contribution in [3.8, 4) is 28.0 Å². The van der Waals surface area contributed by atoms with E-state index in [1.165, 1.54) is 29.3 Å². The van der Waals surface area contributed by atoms with E-state index < -0.39 is 5.97 Å². The van der Waals surface area contributed by atoms with Crippen molar-refractivity contribution in [3.05, 3.63) is 77.4 Å². The number of aromatic hydroxyl groups is 1. The second-order valence-electron chi connectivity index (χ2n) is 5.70. The Morgan fingerprint density at radius 2 is 1.52 bits per heavy atom. The van der Waals surface area contributed by atoms with Crippen molar-refractivity contribution in [1.82, 2.24) is 0 Å². The van der Waals surface area contributed by atoms with Crippen LogP contribution in [0, 0.1) is 0 Å². The van der Waals surface area contributed by atoms with Gasteiger partial charge in [0, 0.05) is 5.56 Å². The van der Waals surface area contributed by atoms with Gasteiger partial charge in [-0.15, -0.1) is 0 Å². The molecule has 2 N–H and O–H groups in total. The molecule has 112 valence electrons. The Balaban J connectivity index is 1.97. The zero-order chi connectivity index (χ0) is 16.0. The highest BCUT2D eigenvalue weighted by atomic mass is 16.4. The summed E-state index contributed by atoms with van der Waals surface area (Å²) in [6, 6.07) is 18.5. The van der Waals surface area contributed by atoms with Gasteiger partial charge in [-0.2, -0.15) is 0 Å². The summed E-state index contributed by atoms with van der Waals surface area (Å²) in [6.45, 7) is 0. The van der Waals surface area contributed by atoms with E-state index in [-0.39, 0.29) is 11.3 Å². The standard InChI is InChI=1S/C20H14O3/c21-13-8-9-17(20(22)23)19(11-13)16-7-3-6-15-14-5-2-1-4-12(14)10-18(15)16/h1-9,11,21H,10H2,(H,22,23). The molecular weight excluding hydrogens is 288 g/mol. The van der Waals surface area contributed by atoms with Crippen LogP contribution >= 0.6 is 0 Å². The van der Waals surface area contributed by atoms with Gasteiger partial charge in [-0.3, -0.25) is 0 Å². The minimum absolute atomic E-state index is 0.0677. The van der Waals surface area contributed by atoms with Crippen molar-refractivity contribution in [2.24, 2.45) is 0 Å². The number of hydrogen-bond acceptors (Lipinski definition) is 2. The van der Waals surface area contributed by atoms with E-state index in [0.29, 0.717) is 5.56 Å². The van der Waals surface area contributed by atoms with Crippen LogP contribution < -0.4 is 0 Å². The minimum atomic E-state index is -0.992. The monoisotopic (exact) mass is 302 g/mol. The first-order chi connectivity index (χ1) is 11.1. The molecule has 0 amide bonds. The third-order valence-electron chi connectivity index (χ3n) is 4.37. The molecule has 1 aliphatic carbocycles. The van der Waals surface area contributed by atoms with Gasteiger partial charge in [0.05, 0.1) is 5.56 Å². The van der Waals surface area contributed by atoms with Crippen LogP contribution in [0.4, 0.5) is 0 Å². The van der Waals surface area contributed by atoms with E-state index in [9.17, 15) is 15.0 Å². The highest BCUT2D eigenvalue weighted by Crippen LogP contribution is 2.42. The zero-order valence-electron chi connectivity index (χ0n) is 12.3. The molecule has 3 heteroatoms. The second-order valence-corrected chi connectivity index (χ2v) is 5.70. The molecule has 3 aromatic rings. The number of carbonyl (C=O) groups is 1. The normalized spacial score (nSPS) is 11.8. The predicted molar refractivity (Wildman–Crippen MR) is 88.7 cm³/mol. The molecule has 0 unspecified atom stereocenters. The highest BCUT2D eigenvalue weighted by molar-refractivity contribution is 5.98. The molecule has 4 rings (SSSR count). The van der Waals surface area contributed by atoms with Crippen molar-refractivity contribution < 1.29 is 15.0 Å². The fourth-order valence-electron chi connectivity index (χ4n) is 3.35. The van der Waals surface area contributed by atoms with Gasteiger partial charge in [-0.1, -0.05) is 42.5 Å². The van der Waals surface area contributed by atoms with E-state index in [1.54, 1.807) is 0 Å². The van der Waals surface area contributed by atoms with Crippen LogP contribution in [0.5, 0.6) is 5.75 Å². The van der Waals surface area contributed by atoms with Crippen LogP contribution in [-0.4, -0.2) is 16.2 Å². The lowest BCUT2D eigenvalue weighted by Gasteiger charge is -2.12. The molecule has 0 aromatic heterocycles. The Morgan fingerprint density at radius 1 is 0.826 bits per heavy atom. The van der Waals surface area contributed by atoms with Gasteiger partial charge in [-0.05, 0) is 52.4 Å². The summed E-state index contributed by atoms with van der Waals surface area (Å²) in [4.78, 5) is 11.5. The lowest BCUT2D eigenvalue weighted by atomic mass is 9.92. The van der Waals surface area contributed by atoms with Crippen LogP contribution in [0.15, 0.2) is 60.7 Å². The summed E-state index contributed by atoms with van der Waals surface area (Å²) in [6.07, 6.45) is 0.774. The second kappa shape index (κ2) is 4.99. The smallest absolute Gasteiger partial charge is 0.336 e. The number of rotatable bonds is 2. The third-order valence-corrected chi connectivity index (χ3v) is 4.37. The predicted octanol–water partition coefficient (Wildman–Crippen LogP) is 4.33. The molecule has 0 bridgehead atoms. The number of phenols is 1. The molecule has 0 radical (unpaired) electrons. The summed E-state index contributed by atoms with van der Waals surface area (Å²) in [5.41, 5.74) is 6.31. The van der Waals surface area contributed by atoms with Gasteiger partial charge >= 0.3 is 5.97 Å². The zero-order valence-corrected chi connectivity index (χ0v) is 12.3. The largest absolute Gasteiger partial charge is 0.508 e. The topological polar surface area (TPSA) is 57.5 Å². The van der Waals surface area contributed by atoms with Gasteiger partial charge in [0.2, 0.25) is 0 Å². The Morgan fingerprint density at radius 3 is 2.30 bits per heavy atom. The molecule has 0 heterocycles. The van der Waals surface area contributed by atoms with Crippen LogP contribution in [0.1, 0.15) is 21.5 Å². The number of phenolic OH excluding ortho intramolecular Hbond substituents is 1. The fourth-order valence-corrected chi connectivity index (χ4v) is 3.35. The van der Waals surface area contributed by atoms with Gasteiger partial charge in [0.15, 0.2) is 0 Å². The lowest BCUT2D eigenvalue weighted by molar-refractivity contribution is 0.0697. The summed E-state index contributed by atoms with van der Waals surface area (Å²) < 4.78 is 0. The SMILES string of the molecule is O=C(O)c1ccc(O)cc1-c1cccc2c1Cc1ccccc1-2. The first-order valence-corrected chi connectivity index (χ1v) is 7.42. The summed E-state index contributed by atoms with van der Waals surface area (Å²) in [7, 11) is 0. The van der Waals surface area contributed by atoms with Crippen LogP contribution in [0.2, 0.25) is 0 Å². The van der Waals surface area contributed by atoms with Crippen molar-refractivity contribution in [2.75, 3.05) is 0 Å². The molecule has 0 spiro atoms. The maximum Gasteiger partial charge on any atom is 0.336 e.